The Morgan fingerprint density at radius 1 is 1.57 bits per heavy atom. The molecule has 2 rings (SSSR count). The van der Waals surface area contributed by atoms with Gasteiger partial charge in [-0.2, -0.15) is 0 Å². The monoisotopic (exact) mass is 209 g/mol. The molecule has 4 nitrogen and oxygen atoms in total. The van der Waals surface area contributed by atoms with Crippen LogP contribution in [0.15, 0.2) is 16.2 Å². The van der Waals surface area contributed by atoms with Crippen molar-refractivity contribution in [2.75, 3.05) is 5.84 Å². The quantitative estimate of drug-likeness (QED) is 0.720. The van der Waals surface area contributed by atoms with Crippen molar-refractivity contribution < 1.29 is 0 Å². The van der Waals surface area contributed by atoms with Crippen molar-refractivity contribution in [3.63, 3.8) is 0 Å². The normalized spacial score (nSPS) is 11.4. The average molecular weight is 209 g/mol. The van der Waals surface area contributed by atoms with E-state index in [1.54, 1.807) is 6.07 Å². The van der Waals surface area contributed by atoms with Crippen molar-refractivity contribution >= 4 is 21.6 Å². The predicted octanol–water partition coefficient (Wildman–Crippen LogP) is 1.30. The van der Waals surface area contributed by atoms with Crippen LogP contribution in [0, 0.1) is 0 Å². The summed E-state index contributed by atoms with van der Waals surface area (Å²) >= 11 is 1.46. The lowest BCUT2D eigenvalue weighted by atomic mass is 10.2. The maximum atomic E-state index is 11.7. The van der Waals surface area contributed by atoms with Crippen molar-refractivity contribution in [3.8, 4) is 0 Å². The Morgan fingerprint density at radius 3 is 2.93 bits per heavy atom. The van der Waals surface area contributed by atoms with Crippen molar-refractivity contribution in [3.05, 3.63) is 27.6 Å². The van der Waals surface area contributed by atoms with Gasteiger partial charge in [-0.1, -0.05) is 13.8 Å². The molecule has 0 radical (unpaired) electrons. The van der Waals surface area contributed by atoms with E-state index in [1.807, 2.05) is 19.2 Å². The Morgan fingerprint density at radius 2 is 2.29 bits per heavy atom. The van der Waals surface area contributed by atoms with Crippen LogP contribution in [0.1, 0.15) is 25.6 Å². The van der Waals surface area contributed by atoms with E-state index >= 15 is 0 Å². The summed E-state index contributed by atoms with van der Waals surface area (Å²) < 4.78 is 1.14. The second kappa shape index (κ2) is 3.09. The van der Waals surface area contributed by atoms with Crippen LogP contribution in [0.3, 0.4) is 0 Å². The summed E-state index contributed by atoms with van der Waals surface area (Å²) in [6.07, 6.45) is 0. The van der Waals surface area contributed by atoms with Gasteiger partial charge in [-0.3, -0.25) is 4.79 Å². The van der Waals surface area contributed by atoms with Crippen LogP contribution >= 0.6 is 11.3 Å². The Labute approximate surface area is 85.0 Å². The molecular formula is C9H11N3OS. The summed E-state index contributed by atoms with van der Waals surface area (Å²) in [6.45, 7) is 3.93. The van der Waals surface area contributed by atoms with Crippen LogP contribution < -0.4 is 11.4 Å². The second-order valence-electron chi connectivity index (χ2n) is 3.44. The van der Waals surface area contributed by atoms with Crippen molar-refractivity contribution in [1.29, 1.82) is 0 Å². The third-order valence-corrected chi connectivity index (χ3v) is 2.88. The van der Waals surface area contributed by atoms with Gasteiger partial charge in [0.15, 0.2) is 0 Å². The molecule has 14 heavy (non-hydrogen) atoms. The van der Waals surface area contributed by atoms with Gasteiger partial charge in [-0.05, 0) is 11.4 Å². The Bertz CT molecular complexity index is 526. The number of hydrogen-bond acceptors (Lipinski definition) is 4. The highest BCUT2D eigenvalue weighted by Crippen LogP contribution is 2.17. The maximum absolute atomic E-state index is 11.7. The van der Waals surface area contributed by atoms with E-state index < -0.39 is 0 Å². The van der Waals surface area contributed by atoms with Gasteiger partial charge >= 0.3 is 0 Å². The highest BCUT2D eigenvalue weighted by atomic mass is 32.1. The number of fused-ring (bicyclic) bond motifs is 1. The van der Waals surface area contributed by atoms with E-state index in [4.69, 9.17) is 5.84 Å². The van der Waals surface area contributed by atoms with Gasteiger partial charge in [0.2, 0.25) is 0 Å². The Kier molecular flexibility index (Phi) is 2.03. The largest absolute Gasteiger partial charge is 0.335 e. The van der Waals surface area contributed by atoms with E-state index in [0.29, 0.717) is 11.2 Å². The highest BCUT2D eigenvalue weighted by Gasteiger charge is 2.11. The molecule has 0 unspecified atom stereocenters. The highest BCUT2D eigenvalue weighted by molar-refractivity contribution is 7.16. The zero-order valence-corrected chi connectivity index (χ0v) is 8.84. The SMILES string of the molecule is CC(C)c1nc2sccc2c(=O)n1N. The van der Waals surface area contributed by atoms with Crippen LogP contribution in [-0.4, -0.2) is 9.66 Å². The molecule has 0 saturated carbocycles. The van der Waals surface area contributed by atoms with Crippen molar-refractivity contribution in [2.45, 2.75) is 19.8 Å². The molecule has 0 aromatic carbocycles. The van der Waals surface area contributed by atoms with Gasteiger partial charge < -0.3 is 5.84 Å². The van der Waals surface area contributed by atoms with Crippen LogP contribution in [0.25, 0.3) is 10.2 Å². The first kappa shape index (κ1) is 9.21. The molecule has 0 aliphatic heterocycles. The van der Waals surface area contributed by atoms with Gasteiger partial charge in [0, 0.05) is 5.92 Å². The van der Waals surface area contributed by atoms with Gasteiger partial charge in [-0.25, -0.2) is 9.66 Å². The van der Waals surface area contributed by atoms with Crippen molar-refractivity contribution in [2.24, 2.45) is 0 Å². The molecule has 5 heteroatoms. The summed E-state index contributed by atoms with van der Waals surface area (Å²) in [5.74, 6) is 6.44. The van der Waals surface area contributed by atoms with Crippen LogP contribution in [0.5, 0.6) is 0 Å². The zero-order valence-electron chi connectivity index (χ0n) is 8.02. The molecule has 0 amide bonds. The van der Waals surface area contributed by atoms with Gasteiger partial charge in [0.05, 0.1) is 5.39 Å². The van der Waals surface area contributed by atoms with E-state index in [1.165, 1.54) is 11.3 Å². The minimum absolute atomic E-state index is 0.152. The molecule has 0 bridgehead atoms. The van der Waals surface area contributed by atoms with Gasteiger partial charge in [0.1, 0.15) is 10.7 Å². The molecule has 2 N–H and O–H groups in total. The summed E-state index contributed by atoms with van der Waals surface area (Å²) in [6, 6.07) is 1.75. The average Bonchev–Trinajstić information content (AvgIpc) is 2.58. The molecule has 0 fully saturated rings. The second-order valence-corrected chi connectivity index (χ2v) is 4.33. The number of nitrogens with two attached hydrogens (primary N) is 1. The minimum Gasteiger partial charge on any atom is -0.335 e. The number of thiophene rings is 1. The summed E-state index contributed by atoms with van der Waals surface area (Å²) in [4.78, 5) is 16.8. The molecule has 0 aliphatic carbocycles. The van der Waals surface area contributed by atoms with Gasteiger partial charge in [0.25, 0.3) is 5.56 Å². The standard InChI is InChI=1S/C9H11N3OS/c1-5(2)7-11-8-6(3-4-14-8)9(13)12(7)10/h3-5H,10H2,1-2H3. The van der Waals surface area contributed by atoms with Gasteiger partial charge in [-0.15, -0.1) is 11.3 Å². The molecule has 0 aliphatic rings. The molecular weight excluding hydrogens is 198 g/mol. The molecule has 2 aromatic rings. The molecule has 0 spiro atoms. The summed E-state index contributed by atoms with van der Waals surface area (Å²) in [7, 11) is 0. The third-order valence-electron chi connectivity index (χ3n) is 2.07. The summed E-state index contributed by atoms with van der Waals surface area (Å²) in [5.41, 5.74) is -0.167. The smallest absolute Gasteiger partial charge is 0.280 e. The number of nitrogen functional groups attached to an aromatic ring is 1. The van der Waals surface area contributed by atoms with Crippen molar-refractivity contribution in [1.82, 2.24) is 9.66 Å². The third kappa shape index (κ3) is 1.21. The molecule has 0 atom stereocenters. The summed E-state index contributed by atoms with van der Waals surface area (Å²) in [5, 5.41) is 2.45. The molecule has 74 valence electrons. The Balaban J connectivity index is 2.87. The minimum atomic E-state index is -0.167. The van der Waals surface area contributed by atoms with E-state index in [-0.39, 0.29) is 11.5 Å². The molecule has 2 heterocycles. The van der Waals surface area contributed by atoms with E-state index in [0.717, 1.165) is 9.51 Å². The number of nitrogens with zero attached hydrogens (tertiary/aromatic N) is 2. The Hall–Kier alpha value is -1.36. The fourth-order valence-corrected chi connectivity index (χ4v) is 2.11. The lowest BCUT2D eigenvalue weighted by Gasteiger charge is -2.09. The fraction of sp³-hybridized carbons (Fsp3) is 0.333. The molecule has 2 aromatic heterocycles. The maximum Gasteiger partial charge on any atom is 0.280 e. The predicted molar refractivity (Wildman–Crippen MR) is 58.1 cm³/mol. The number of aromatic nitrogens is 2. The van der Waals surface area contributed by atoms with Crippen LogP contribution in [0.2, 0.25) is 0 Å². The first-order valence-electron chi connectivity index (χ1n) is 4.36. The fourth-order valence-electron chi connectivity index (χ4n) is 1.35. The van der Waals surface area contributed by atoms with Crippen LogP contribution in [0.4, 0.5) is 0 Å². The lowest BCUT2D eigenvalue weighted by Crippen LogP contribution is -2.31. The lowest BCUT2D eigenvalue weighted by molar-refractivity contribution is 0.705. The van der Waals surface area contributed by atoms with Crippen LogP contribution in [-0.2, 0) is 0 Å². The number of rotatable bonds is 1. The molecule has 0 saturated heterocycles. The first-order chi connectivity index (χ1) is 6.61. The topological polar surface area (TPSA) is 60.9 Å². The number of hydrogen-bond donors (Lipinski definition) is 1. The zero-order chi connectivity index (χ0) is 10.3. The van der Waals surface area contributed by atoms with E-state index in [9.17, 15) is 4.79 Å². The first-order valence-corrected chi connectivity index (χ1v) is 5.24. The van der Waals surface area contributed by atoms with E-state index in [2.05, 4.69) is 4.98 Å².